The summed E-state index contributed by atoms with van der Waals surface area (Å²) in [6, 6.07) is 5.17. The summed E-state index contributed by atoms with van der Waals surface area (Å²) < 4.78 is 68.6. The molecule has 2 N–H and O–H groups in total. The molecule has 1 amide bonds. The molecule has 31 heavy (non-hydrogen) atoms. The number of carbonyl (C=O) groups is 1. The number of methoxy groups -OCH3 is 3. The second-order valence-electron chi connectivity index (χ2n) is 6.47. The van der Waals surface area contributed by atoms with Gasteiger partial charge in [0.05, 0.1) is 32.3 Å². The first-order chi connectivity index (χ1) is 14.6. The predicted octanol–water partition coefficient (Wildman–Crippen LogP) is 2.54. The number of sulfonamides is 1. The Labute approximate surface area is 179 Å². The topological polar surface area (TPSA) is 103 Å². The van der Waals surface area contributed by atoms with Gasteiger partial charge in [0.25, 0.3) is 0 Å². The molecule has 0 aliphatic heterocycles. The highest BCUT2D eigenvalue weighted by Crippen LogP contribution is 2.39. The standard InChI is InChI=1S/C20H24F2N2O6S/c1-12(13-9-17(28-2)20(30-4)18(10-13)29-3)24-19(25)7-8-23-31(26,27)14-5-6-15(21)16(22)11-14/h5-6,9-12,23H,7-8H2,1-4H3,(H,24,25). The lowest BCUT2D eigenvalue weighted by molar-refractivity contribution is -0.121. The molecule has 0 heterocycles. The second-order valence-corrected chi connectivity index (χ2v) is 8.24. The first kappa shape index (κ1) is 24.4. The van der Waals surface area contributed by atoms with Crippen LogP contribution in [0.25, 0.3) is 0 Å². The molecule has 0 aliphatic carbocycles. The molecule has 0 fully saturated rings. The minimum absolute atomic E-state index is 0.169. The lowest BCUT2D eigenvalue weighted by Gasteiger charge is -2.19. The largest absolute Gasteiger partial charge is 0.493 e. The van der Waals surface area contributed by atoms with Crippen molar-refractivity contribution in [3.8, 4) is 17.2 Å². The molecule has 11 heteroatoms. The van der Waals surface area contributed by atoms with Crippen molar-refractivity contribution in [2.24, 2.45) is 0 Å². The van der Waals surface area contributed by atoms with Crippen molar-refractivity contribution in [3.05, 3.63) is 47.5 Å². The first-order valence-corrected chi connectivity index (χ1v) is 10.6. The Balaban J connectivity index is 1.99. The number of benzene rings is 2. The van der Waals surface area contributed by atoms with Gasteiger partial charge in [-0.05, 0) is 42.8 Å². The molecular weight excluding hydrogens is 434 g/mol. The van der Waals surface area contributed by atoms with Crippen LogP contribution in [0, 0.1) is 11.6 Å². The molecule has 0 radical (unpaired) electrons. The molecule has 170 valence electrons. The maximum atomic E-state index is 13.3. The fourth-order valence-corrected chi connectivity index (χ4v) is 3.82. The quantitative estimate of drug-likeness (QED) is 0.567. The number of halogens is 2. The number of hydrogen-bond donors (Lipinski definition) is 2. The molecule has 0 aliphatic rings. The van der Waals surface area contributed by atoms with Gasteiger partial charge in [-0.15, -0.1) is 0 Å². The predicted molar refractivity (Wildman–Crippen MR) is 109 cm³/mol. The van der Waals surface area contributed by atoms with E-state index in [0.29, 0.717) is 28.9 Å². The Morgan fingerprint density at radius 3 is 2.13 bits per heavy atom. The van der Waals surface area contributed by atoms with Crippen molar-refractivity contribution in [2.45, 2.75) is 24.3 Å². The van der Waals surface area contributed by atoms with Crippen LogP contribution in [0.1, 0.15) is 24.9 Å². The molecule has 0 bridgehead atoms. The van der Waals surface area contributed by atoms with Crippen molar-refractivity contribution in [1.82, 2.24) is 10.0 Å². The summed E-state index contributed by atoms with van der Waals surface area (Å²) in [7, 11) is 0.345. The number of carbonyl (C=O) groups excluding carboxylic acids is 1. The Morgan fingerprint density at radius 1 is 1.00 bits per heavy atom. The van der Waals surface area contributed by atoms with Gasteiger partial charge >= 0.3 is 0 Å². The van der Waals surface area contributed by atoms with E-state index in [2.05, 4.69) is 10.0 Å². The van der Waals surface area contributed by atoms with E-state index in [4.69, 9.17) is 14.2 Å². The highest BCUT2D eigenvalue weighted by atomic mass is 32.2. The Morgan fingerprint density at radius 2 is 1.61 bits per heavy atom. The van der Waals surface area contributed by atoms with Crippen molar-refractivity contribution in [2.75, 3.05) is 27.9 Å². The van der Waals surface area contributed by atoms with Crippen molar-refractivity contribution in [1.29, 1.82) is 0 Å². The fraction of sp³-hybridized carbons (Fsp3) is 0.350. The van der Waals surface area contributed by atoms with E-state index >= 15 is 0 Å². The maximum absolute atomic E-state index is 13.3. The van der Waals surface area contributed by atoms with Gasteiger partial charge in [0, 0.05) is 13.0 Å². The fourth-order valence-electron chi connectivity index (χ4n) is 2.77. The zero-order chi connectivity index (χ0) is 23.2. The van der Waals surface area contributed by atoms with Crippen molar-refractivity contribution >= 4 is 15.9 Å². The van der Waals surface area contributed by atoms with Crippen LogP contribution in [-0.4, -0.2) is 42.2 Å². The first-order valence-electron chi connectivity index (χ1n) is 9.17. The molecule has 8 nitrogen and oxygen atoms in total. The van der Waals surface area contributed by atoms with Gasteiger partial charge in [-0.1, -0.05) is 0 Å². The molecule has 1 atom stereocenters. The van der Waals surface area contributed by atoms with E-state index in [0.717, 1.165) is 12.1 Å². The highest BCUT2D eigenvalue weighted by molar-refractivity contribution is 7.89. The second kappa shape index (κ2) is 10.4. The van der Waals surface area contributed by atoms with Crippen LogP contribution in [0.4, 0.5) is 8.78 Å². The summed E-state index contributed by atoms with van der Waals surface area (Å²) in [6.07, 6.45) is -0.169. The van der Waals surface area contributed by atoms with Gasteiger partial charge in [0.15, 0.2) is 23.1 Å². The van der Waals surface area contributed by atoms with E-state index in [-0.39, 0.29) is 13.0 Å². The van der Waals surface area contributed by atoms with Gasteiger partial charge in [0.2, 0.25) is 21.7 Å². The molecule has 0 spiro atoms. The lowest BCUT2D eigenvalue weighted by Crippen LogP contribution is -2.32. The molecule has 2 rings (SSSR count). The van der Waals surface area contributed by atoms with E-state index in [1.807, 2.05) is 0 Å². The normalized spacial score (nSPS) is 12.2. The highest BCUT2D eigenvalue weighted by Gasteiger charge is 2.19. The van der Waals surface area contributed by atoms with Crippen LogP contribution in [-0.2, 0) is 14.8 Å². The third-order valence-electron chi connectivity index (χ3n) is 4.41. The molecule has 2 aromatic carbocycles. The van der Waals surface area contributed by atoms with Crippen LogP contribution in [0.15, 0.2) is 35.2 Å². The lowest BCUT2D eigenvalue weighted by atomic mass is 10.1. The molecule has 1 unspecified atom stereocenters. The average Bonchev–Trinajstić information content (AvgIpc) is 2.74. The number of nitrogens with one attached hydrogen (secondary N) is 2. The molecule has 0 aromatic heterocycles. The van der Waals surface area contributed by atoms with Crippen LogP contribution >= 0.6 is 0 Å². The van der Waals surface area contributed by atoms with E-state index < -0.39 is 38.5 Å². The third-order valence-corrected chi connectivity index (χ3v) is 5.87. The minimum Gasteiger partial charge on any atom is -0.493 e. The smallest absolute Gasteiger partial charge is 0.240 e. The number of hydrogen-bond acceptors (Lipinski definition) is 6. The van der Waals surface area contributed by atoms with E-state index in [9.17, 15) is 22.0 Å². The molecule has 0 saturated carbocycles. The SMILES string of the molecule is COc1cc(C(C)NC(=O)CCNS(=O)(=O)c2ccc(F)c(F)c2)cc(OC)c1OC. The summed E-state index contributed by atoms with van der Waals surface area (Å²) in [4.78, 5) is 11.8. The van der Waals surface area contributed by atoms with Crippen LogP contribution in [0.3, 0.4) is 0 Å². The number of ether oxygens (including phenoxy) is 3. The summed E-state index contributed by atoms with van der Waals surface area (Å²) in [5.41, 5.74) is 0.685. The third kappa shape index (κ3) is 6.05. The zero-order valence-corrected chi connectivity index (χ0v) is 18.3. The molecular formula is C20H24F2N2O6S. The van der Waals surface area contributed by atoms with Crippen LogP contribution in [0.2, 0.25) is 0 Å². The summed E-state index contributed by atoms with van der Waals surface area (Å²) in [5, 5.41) is 2.74. The summed E-state index contributed by atoms with van der Waals surface area (Å²) >= 11 is 0. The molecule has 2 aromatic rings. The average molecular weight is 458 g/mol. The minimum atomic E-state index is -4.09. The van der Waals surface area contributed by atoms with Crippen molar-refractivity contribution in [3.63, 3.8) is 0 Å². The van der Waals surface area contributed by atoms with Gasteiger partial charge in [0.1, 0.15) is 0 Å². The van der Waals surface area contributed by atoms with Crippen LogP contribution < -0.4 is 24.2 Å². The summed E-state index contributed by atoms with van der Waals surface area (Å²) in [5.74, 6) is -1.58. The van der Waals surface area contributed by atoms with Crippen LogP contribution in [0.5, 0.6) is 17.2 Å². The van der Waals surface area contributed by atoms with Crippen molar-refractivity contribution < 1.29 is 36.2 Å². The van der Waals surface area contributed by atoms with Gasteiger partial charge in [-0.3, -0.25) is 4.79 Å². The van der Waals surface area contributed by atoms with Gasteiger partial charge < -0.3 is 19.5 Å². The van der Waals surface area contributed by atoms with E-state index in [1.54, 1.807) is 19.1 Å². The Bertz CT molecular complexity index is 1020. The maximum Gasteiger partial charge on any atom is 0.240 e. The number of amides is 1. The Hall–Kier alpha value is -2.92. The zero-order valence-electron chi connectivity index (χ0n) is 17.5. The van der Waals surface area contributed by atoms with Gasteiger partial charge in [-0.25, -0.2) is 21.9 Å². The van der Waals surface area contributed by atoms with E-state index in [1.165, 1.54) is 21.3 Å². The number of rotatable bonds is 10. The monoisotopic (exact) mass is 458 g/mol. The summed E-state index contributed by atoms with van der Waals surface area (Å²) in [6.45, 7) is 1.51. The van der Waals surface area contributed by atoms with Gasteiger partial charge in [-0.2, -0.15) is 0 Å². The molecule has 0 saturated heterocycles. The Kier molecular flexibility index (Phi) is 8.17.